The highest BCUT2D eigenvalue weighted by Crippen LogP contribution is 2.34. The van der Waals surface area contributed by atoms with E-state index in [1.807, 2.05) is 25.1 Å². The number of anilines is 1. The summed E-state index contributed by atoms with van der Waals surface area (Å²) in [6.45, 7) is 2.09. The van der Waals surface area contributed by atoms with E-state index < -0.39 is 5.54 Å². The number of nitrogens with zero attached hydrogens (tertiary/aromatic N) is 1. The molecule has 21 heavy (non-hydrogen) atoms. The Morgan fingerprint density at radius 3 is 2.52 bits per heavy atom. The standard InChI is InChI=1S/C16H19BrN2O2/c1-11-7-12(17)9-13(8-11)19-10-14(20)18-16(15(19)21)5-3-2-4-6-16/h7-9H,2-6,10H2,1H3,(H,18,20). The van der Waals surface area contributed by atoms with Gasteiger partial charge in [-0.3, -0.25) is 9.59 Å². The second-order valence-corrected chi connectivity index (χ2v) is 6.98. The molecule has 1 N–H and O–H groups in total. The molecule has 1 saturated carbocycles. The molecule has 1 aromatic rings. The Bertz CT molecular complexity index is 574. The van der Waals surface area contributed by atoms with Gasteiger partial charge < -0.3 is 10.2 Å². The van der Waals surface area contributed by atoms with Gasteiger partial charge in [-0.2, -0.15) is 0 Å². The summed E-state index contributed by atoms with van der Waals surface area (Å²) in [5, 5.41) is 2.97. The van der Waals surface area contributed by atoms with Crippen molar-refractivity contribution in [2.75, 3.05) is 11.4 Å². The Morgan fingerprint density at radius 1 is 1.14 bits per heavy atom. The summed E-state index contributed by atoms with van der Waals surface area (Å²) in [6, 6.07) is 5.85. The van der Waals surface area contributed by atoms with Gasteiger partial charge in [0.05, 0.1) is 0 Å². The minimum absolute atomic E-state index is 0.0410. The first-order valence-electron chi connectivity index (χ1n) is 7.40. The third-order valence-electron chi connectivity index (χ3n) is 4.38. The maximum absolute atomic E-state index is 13.0. The largest absolute Gasteiger partial charge is 0.340 e. The van der Waals surface area contributed by atoms with E-state index in [2.05, 4.69) is 21.2 Å². The maximum Gasteiger partial charge on any atom is 0.253 e. The Kier molecular flexibility index (Phi) is 3.78. The number of halogens is 1. The number of carbonyl (C=O) groups is 2. The summed E-state index contributed by atoms with van der Waals surface area (Å²) in [6.07, 6.45) is 4.64. The predicted octanol–water partition coefficient (Wildman–Crippen LogP) is 2.92. The van der Waals surface area contributed by atoms with Crippen LogP contribution in [-0.4, -0.2) is 23.9 Å². The van der Waals surface area contributed by atoms with E-state index in [4.69, 9.17) is 0 Å². The minimum atomic E-state index is -0.677. The van der Waals surface area contributed by atoms with Crippen LogP contribution in [0.2, 0.25) is 0 Å². The van der Waals surface area contributed by atoms with Gasteiger partial charge in [-0.1, -0.05) is 35.2 Å². The second-order valence-electron chi connectivity index (χ2n) is 6.07. The predicted molar refractivity (Wildman–Crippen MR) is 85.2 cm³/mol. The molecule has 1 heterocycles. The van der Waals surface area contributed by atoms with Gasteiger partial charge in [0.25, 0.3) is 5.91 Å². The van der Waals surface area contributed by atoms with Crippen LogP contribution in [0.25, 0.3) is 0 Å². The number of carbonyl (C=O) groups excluding carboxylic acids is 2. The molecular weight excluding hydrogens is 332 g/mol. The fourth-order valence-electron chi connectivity index (χ4n) is 3.41. The monoisotopic (exact) mass is 350 g/mol. The third-order valence-corrected chi connectivity index (χ3v) is 4.84. The molecule has 2 aliphatic rings. The van der Waals surface area contributed by atoms with Crippen LogP contribution >= 0.6 is 15.9 Å². The van der Waals surface area contributed by atoms with Crippen molar-refractivity contribution >= 4 is 33.4 Å². The average Bonchev–Trinajstić information content (AvgIpc) is 2.43. The van der Waals surface area contributed by atoms with E-state index in [1.54, 1.807) is 4.90 Å². The van der Waals surface area contributed by atoms with Gasteiger partial charge in [-0.05, 0) is 43.5 Å². The normalized spacial score (nSPS) is 21.5. The molecule has 0 bridgehead atoms. The summed E-state index contributed by atoms with van der Waals surface area (Å²) in [7, 11) is 0. The number of rotatable bonds is 1. The van der Waals surface area contributed by atoms with Crippen molar-refractivity contribution in [1.82, 2.24) is 5.32 Å². The number of hydrogen-bond acceptors (Lipinski definition) is 2. The molecule has 2 amide bonds. The van der Waals surface area contributed by atoms with Crippen molar-refractivity contribution in [2.45, 2.75) is 44.6 Å². The number of piperazine rings is 1. The first-order chi connectivity index (χ1) is 10.00. The topological polar surface area (TPSA) is 49.4 Å². The molecule has 1 aliphatic carbocycles. The smallest absolute Gasteiger partial charge is 0.253 e. The summed E-state index contributed by atoms with van der Waals surface area (Å²) in [4.78, 5) is 26.7. The Balaban J connectivity index is 1.97. The minimum Gasteiger partial charge on any atom is -0.340 e. The molecule has 1 aromatic carbocycles. The highest BCUT2D eigenvalue weighted by Gasteiger charge is 2.47. The molecule has 1 saturated heterocycles. The van der Waals surface area contributed by atoms with Crippen molar-refractivity contribution in [3.63, 3.8) is 0 Å². The number of hydrogen-bond donors (Lipinski definition) is 1. The third kappa shape index (κ3) is 2.71. The number of nitrogens with one attached hydrogen (secondary N) is 1. The lowest BCUT2D eigenvalue weighted by molar-refractivity contribution is -0.137. The lowest BCUT2D eigenvalue weighted by Crippen LogP contribution is -2.67. The fourth-order valence-corrected chi connectivity index (χ4v) is 4.00. The zero-order chi connectivity index (χ0) is 15.0. The van der Waals surface area contributed by atoms with E-state index in [-0.39, 0.29) is 18.4 Å². The molecule has 5 heteroatoms. The van der Waals surface area contributed by atoms with E-state index >= 15 is 0 Å². The van der Waals surface area contributed by atoms with E-state index in [1.165, 1.54) is 0 Å². The van der Waals surface area contributed by atoms with Gasteiger partial charge in [0.1, 0.15) is 12.1 Å². The van der Waals surface area contributed by atoms with Crippen LogP contribution in [0.5, 0.6) is 0 Å². The number of amides is 2. The Morgan fingerprint density at radius 2 is 1.86 bits per heavy atom. The molecule has 2 fully saturated rings. The van der Waals surface area contributed by atoms with Crippen LogP contribution in [0.1, 0.15) is 37.7 Å². The van der Waals surface area contributed by atoms with Crippen molar-refractivity contribution in [3.8, 4) is 0 Å². The van der Waals surface area contributed by atoms with Crippen molar-refractivity contribution in [2.24, 2.45) is 0 Å². The SMILES string of the molecule is Cc1cc(Br)cc(N2CC(=O)NC3(CCCCC3)C2=O)c1. The first kappa shape index (κ1) is 14.6. The second kappa shape index (κ2) is 5.44. The number of benzene rings is 1. The van der Waals surface area contributed by atoms with Crippen LogP contribution in [-0.2, 0) is 9.59 Å². The average molecular weight is 351 g/mol. The van der Waals surface area contributed by atoms with Gasteiger partial charge >= 0.3 is 0 Å². The molecule has 0 radical (unpaired) electrons. The van der Waals surface area contributed by atoms with E-state index in [0.29, 0.717) is 0 Å². The molecule has 0 aromatic heterocycles. The first-order valence-corrected chi connectivity index (χ1v) is 8.20. The van der Waals surface area contributed by atoms with Crippen LogP contribution in [0, 0.1) is 6.92 Å². The highest BCUT2D eigenvalue weighted by atomic mass is 79.9. The van der Waals surface area contributed by atoms with Gasteiger partial charge in [0, 0.05) is 10.2 Å². The Labute approximate surface area is 133 Å². The summed E-state index contributed by atoms with van der Waals surface area (Å²) in [5.41, 5.74) is 1.19. The maximum atomic E-state index is 13.0. The van der Waals surface area contributed by atoms with Gasteiger partial charge in [0.2, 0.25) is 5.91 Å². The number of aryl methyl sites for hydroxylation is 1. The summed E-state index contributed by atoms with van der Waals surface area (Å²) >= 11 is 3.46. The van der Waals surface area contributed by atoms with Crippen LogP contribution < -0.4 is 10.2 Å². The molecule has 4 nitrogen and oxygen atoms in total. The molecule has 1 spiro atoms. The molecule has 112 valence electrons. The van der Waals surface area contributed by atoms with Crippen molar-refractivity contribution in [3.05, 3.63) is 28.2 Å². The zero-order valence-corrected chi connectivity index (χ0v) is 13.7. The lowest BCUT2D eigenvalue weighted by Gasteiger charge is -2.44. The van der Waals surface area contributed by atoms with Crippen molar-refractivity contribution < 1.29 is 9.59 Å². The van der Waals surface area contributed by atoms with Gasteiger partial charge in [0.15, 0.2) is 0 Å². The van der Waals surface area contributed by atoms with Gasteiger partial charge in [-0.25, -0.2) is 0 Å². The van der Waals surface area contributed by atoms with E-state index in [9.17, 15) is 9.59 Å². The zero-order valence-electron chi connectivity index (χ0n) is 12.1. The van der Waals surface area contributed by atoms with Crippen LogP contribution in [0.3, 0.4) is 0 Å². The lowest BCUT2D eigenvalue weighted by atomic mass is 9.79. The summed E-state index contributed by atoms with van der Waals surface area (Å²) in [5.74, 6) is -0.0200. The fraction of sp³-hybridized carbons (Fsp3) is 0.500. The summed E-state index contributed by atoms with van der Waals surface area (Å²) < 4.78 is 0.925. The van der Waals surface area contributed by atoms with Crippen LogP contribution in [0.15, 0.2) is 22.7 Å². The highest BCUT2D eigenvalue weighted by molar-refractivity contribution is 9.10. The van der Waals surface area contributed by atoms with Crippen LogP contribution in [0.4, 0.5) is 5.69 Å². The molecule has 1 aliphatic heterocycles. The molecule has 0 unspecified atom stereocenters. The Hall–Kier alpha value is -1.36. The van der Waals surface area contributed by atoms with E-state index in [0.717, 1.165) is 47.8 Å². The molecule has 3 rings (SSSR count). The quantitative estimate of drug-likeness (QED) is 0.846. The van der Waals surface area contributed by atoms with Crippen molar-refractivity contribution in [1.29, 1.82) is 0 Å². The molecule has 0 atom stereocenters. The molecular formula is C16H19BrN2O2. The van der Waals surface area contributed by atoms with Gasteiger partial charge in [-0.15, -0.1) is 0 Å².